The molecule has 1 amide bonds. The summed E-state index contributed by atoms with van der Waals surface area (Å²) >= 11 is 3.23. The summed E-state index contributed by atoms with van der Waals surface area (Å²) in [5.74, 6) is -0.972. The third-order valence-corrected chi connectivity index (χ3v) is 4.80. The molecular weight excluding hydrogens is 335 g/mol. The summed E-state index contributed by atoms with van der Waals surface area (Å²) in [5.41, 5.74) is 4.71. The molecule has 5 heteroatoms. The van der Waals surface area contributed by atoms with Gasteiger partial charge in [0.15, 0.2) is 0 Å². The van der Waals surface area contributed by atoms with Gasteiger partial charge in [-0.15, -0.1) is 0 Å². The van der Waals surface area contributed by atoms with Crippen molar-refractivity contribution in [3.63, 3.8) is 0 Å². The van der Waals surface area contributed by atoms with Crippen LogP contribution in [0.2, 0.25) is 0 Å². The average Bonchev–Trinajstić information content (AvgIpc) is 2.66. The first kappa shape index (κ1) is 16.4. The van der Waals surface area contributed by atoms with E-state index in [0.717, 1.165) is 25.7 Å². The Labute approximate surface area is 133 Å². The van der Waals surface area contributed by atoms with E-state index in [9.17, 15) is 9.18 Å². The van der Waals surface area contributed by atoms with Crippen LogP contribution in [0.1, 0.15) is 51.0 Å². The summed E-state index contributed by atoms with van der Waals surface area (Å²) in [6.07, 6.45) is 6.71. The molecule has 1 atom stereocenters. The van der Waals surface area contributed by atoms with E-state index in [2.05, 4.69) is 21.2 Å². The van der Waals surface area contributed by atoms with Gasteiger partial charge in [-0.3, -0.25) is 10.1 Å². The molecule has 1 saturated carbocycles. The van der Waals surface area contributed by atoms with E-state index in [1.807, 2.05) is 0 Å². The number of hydrogen-bond donors (Lipinski definition) is 2. The van der Waals surface area contributed by atoms with Gasteiger partial charge in [-0.2, -0.15) is 0 Å². The van der Waals surface area contributed by atoms with E-state index in [1.54, 1.807) is 19.1 Å². The molecule has 1 aromatic carbocycles. The number of halogens is 2. The number of nitrogens with one attached hydrogen (secondary N) is 1. The number of primary amides is 1. The van der Waals surface area contributed by atoms with Gasteiger partial charge in [0, 0.05) is 16.1 Å². The van der Waals surface area contributed by atoms with Crippen LogP contribution in [0.15, 0.2) is 22.7 Å². The molecule has 0 bridgehead atoms. The molecule has 0 aromatic heterocycles. The zero-order valence-corrected chi connectivity index (χ0v) is 13.9. The lowest BCUT2D eigenvalue weighted by Gasteiger charge is -2.33. The Morgan fingerprint density at radius 3 is 2.48 bits per heavy atom. The number of hydrogen-bond acceptors (Lipinski definition) is 2. The number of carbonyl (C=O) groups is 1. The van der Waals surface area contributed by atoms with Gasteiger partial charge in [-0.05, 0) is 31.9 Å². The minimum absolute atomic E-state index is 0.202. The first-order valence-corrected chi connectivity index (χ1v) is 8.26. The normalized spacial score (nSPS) is 19.8. The van der Waals surface area contributed by atoms with Gasteiger partial charge in [-0.1, -0.05) is 47.7 Å². The van der Waals surface area contributed by atoms with Crippen molar-refractivity contribution in [2.45, 2.75) is 57.0 Å². The Morgan fingerprint density at radius 1 is 1.33 bits per heavy atom. The maximum absolute atomic E-state index is 14.3. The SMILES string of the molecule is CC(NC1CCCCCC1)(C(N)=O)c1ccc(Br)cc1F. The molecule has 0 heterocycles. The summed E-state index contributed by atoms with van der Waals surface area (Å²) in [6.45, 7) is 1.67. The standard InChI is InChI=1S/C16H22BrFN2O/c1-16(15(19)21,13-9-8-11(17)10-14(13)18)20-12-6-4-2-3-5-7-12/h8-10,12,20H,2-7H2,1H3,(H2,19,21). The van der Waals surface area contributed by atoms with Gasteiger partial charge in [0.25, 0.3) is 0 Å². The van der Waals surface area contributed by atoms with Gasteiger partial charge in [0.05, 0.1) is 0 Å². The number of nitrogens with two attached hydrogens (primary N) is 1. The summed E-state index contributed by atoms with van der Waals surface area (Å²) in [7, 11) is 0. The molecule has 0 saturated heterocycles. The van der Waals surface area contributed by atoms with Crippen LogP contribution in [0, 0.1) is 5.82 Å². The zero-order chi connectivity index (χ0) is 15.5. The van der Waals surface area contributed by atoms with Crippen LogP contribution in [-0.4, -0.2) is 11.9 Å². The number of amides is 1. The zero-order valence-electron chi connectivity index (χ0n) is 12.3. The van der Waals surface area contributed by atoms with Crippen LogP contribution < -0.4 is 11.1 Å². The Bertz CT molecular complexity index is 515. The smallest absolute Gasteiger partial charge is 0.242 e. The van der Waals surface area contributed by atoms with Crippen molar-refractivity contribution >= 4 is 21.8 Å². The predicted octanol–water partition coefficient (Wildman–Crippen LogP) is 3.60. The third-order valence-electron chi connectivity index (χ3n) is 4.31. The lowest BCUT2D eigenvalue weighted by Crippen LogP contribution is -2.54. The molecule has 1 aliphatic rings. The Hall–Kier alpha value is -0.940. The highest BCUT2D eigenvalue weighted by molar-refractivity contribution is 9.10. The highest BCUT2D eigenvalue weighted by atomic mass is 79.9. The molecule has 1 aromatic rings. The van der Waals surface area contributed by atoms with E-state index < -0.39 is 17.3 Å². The lowest BCUT2D eigenvalue weighted by molar-refractivity contribution is -0.124. The van der Waals surface area contributed by atoms with Crippen LogP contribution >= 0.6 is 15.9 Å². The number of rotatable bonds is 4. The summed E-state index contributed by atoms with van der Waals surface area (Å²) in [5, 5.41) is 3.32. The fourth-order valence-electron chi connectivity index (χ4n) is 3.01. The highest BCUT2D eigenvalue weighted by Crippen LogP contribution is 2.29. The third kappa shape index (κ3) is 3.83. The van der Waals surface area contributed by atoms with Crippen LogP contribution in [0.25, 0.3) is 0 Å². The van der Waals surface area contributed by atoms with E-state index in [0.29, 0.717) is 10.0 Å². The molecule has 3 N–H and O–H groups in total. The lowest BCUT2D eigenvalue weighted by atomic mass is 9.88. The Morgan fingerprint density at radius 2 is 1.95 bits per heavy atom. The van der Waals surface area contributed by atoms with Crippen LogP contribution in [0.3, 0.4) is 0 Å². The molecule has 1 fully saturated rings. The first-order valence-electron chi connectivity index (χ1n) is 7.46. The second kappa shape index (κ2) is 6.88. The molecular formula is C16H22BrFN2O. The van der Waals surface area contributed by atoms with Crippen molar-refractivity contribution in [1.82, 2.24) is 5.32 Å². The van der Waals surface area contributed by atoms with Gasteiger partial charge < -0.3 is 5.73 Å². The van der Waals surface area contributed by atoms with Crippen molar-refractivity contribution in [3.05, 3.63) is 34.1 Å². The second-order valence-corrected chi connectivity index (χ2v) is 6.86. The Kier molecular flexibility index (Phi) is 5.38. The van der Waals surface area contributed by atoms with Crippen molar-refractivity contribution in [2.24, 2.45) is 5.73 Å². The molecule has 0 radical (unpaired) electrons. The van der Waals surface area contributed by atoms with Crippen molar-refractivity contribution in [2.75, 3.05) is 0 Å². The molecule has 2 rings (SSSR count). The topological polar surface area (TPSA) is 55.1 Å². The van der Waals surface area contributed by atoms with Crippen molar-refractivity contribution in [3.8, 4) is 0 Å². The van der Waals surface area contributed by atoms with Gasteiger partial charge in [-0.25, -0.2) is 4.39 Å². The molecule has 1 unspecified atom stereocenters. The number of benzene rings is 1. The molecule has 3 nitrogen and oxygen atoms in total. The van der Waals surface area contributed by atoms with E-state index >= 15 is 0 Å². The van der Waals surface area contributed by atoms with Crippen LogP contribution in [-0.2, 0) is 10.3 Å². The van der Waals surface area contributed by atoms with Crippen molar-refractivity contribution < 1.29 is 9.18 Å². The van der Waals surface area contributed by atoms with Gasteiger partial charge in [0.1, 0.15) is 11.4 Å². The fraction of sp³-hybridized carbons (Fsp3) is 0.562. The minimum Gasteiger partial charge on any atom is -0.368 e. The second-order valence-electron chi connectivity index (χ2n) is 5.95. The summed E-state index contributed by atoms with van der Waals surface area (Å²) < 4.78 is 14.9. The molecule has 116 valence electrons. The van der Waals surface area contributed by atoms with E-state index in [1.165, 1.54) is 18.9 Å². The minimum atomic E-state index is -1.18. The molecule has 0 spiro atoms. The fourth-order valence-corrected chi connectivity index (χ4v) is 3.34. The predicted molar refractivity (Wildman–Crippen MR) is 85.3 cm³/mol. The summed E-state index contributed by atoms with van der Waals surface area (Å²) in [6, 6.07) is 4.92. The number of carbonyl (C=O) groups excluding carboxylic acids is 1. The molecule has 21 heavy (non-hydrogen) atoms. The maximum atomic E-state index is 14.3. The van der Waals surface area contributed by atoms with Crippen LogP contribution in [0.5, 0.6) is 0 Å². The highest BCUT2D eigenvalue weighted by Gasteiger charge is 2.37. The van der Waals surface area contributed by atoms with Crippen molar-refractivity contribution in [1.29, 1.82) is 0 Å². The van der Waals surface area contributed by atoms with Gasteiger partial charge in [0.2, 0.25) is 5.91 Å². The first-order chi connectivity index (χ1) is 9.93. The van der Waals surface area contributed by atoms with Gasteiger partial charge >= 0.3 is 0 Å². The van der Waals surface area contributed by atoms with Crippen LogP contribution in [0.4, 0.5) is 4.39 Å². The molecule has 0 aliphatic heterocycles. The maximum Gasteiger partial charge on any atom is 0.242 e. The Balaban J connectivity index is 2.28. The quantitative estimate of drug-likeness (QED) is 0.809. The van der Waals surface area contributed by atoms with E-state index in [4.69, 9.17) is 5.73 Å². The monoisotopic (exact) mass is 356 g/mol. The molecule has 1 aliphatic carbocycles. The summed E-state index contributed by atoms with van der Waals surface area (Å²) in [4.78, 5) is 12.0. The average molecular weight is 357 g/mol. The van der Waals surface area contributed by atoms with E-state index in [-0.39, 0.29) is 6.04 Å². The largest absolute Gasteiger partial charge is 0.368 e.